The highest BCUT2D eigenvalue weighted by molar-refractivity contribution is 5.99. The van der Waals surface area contributed by atoms with E-state index in [9.17, 15) is 9.90 Å². The van der Waals surface area contributed by atoms with E-state index in [1.807, 2.05) is 46.8 Å². The zero-order valence-electron chi connectivity index (χ0n) is 12.6. The Morgan fingerprint density at radius 3 is 2.90 bits per heavy atom. The Hall–Kier alpha value is -1.81. The summed E-state index contributed by atoms with van der Waals surface area (Å²) in [5.41, 5.74) is 1.81. The zero-order valence-corrected chi connectivity index (χ0v) is 12.6. The summed E-state index contributed by atoms with van der Waals surface area (Å²) in [4.78, 5) is 14.8. The second-order valence-corrected chi connectivity index (χ2v) is 6.03. The van der Waals surface area contributed by atoms with Crippen molar-refractivity contribution in [1.82, 2.24) is 9.47 Å². The van der Waals surface area contributed by atoms with Gasteiger partial charge >= 0.3 is 0 Å². The Bertz CT molecular complexity index is 660. The summed E-state index contributed by atoms with van der Waals surface area (Å²) in [6.07, 6.45) is 2.31. The van der Waals surface area contributed by atoms with Gasteiger partial charge < -0.3 is 14.6 Å². The van der Waals surface area contributed by atoms with Crippen molar-refractivity contribution in [1.29, 1.82) is 0 Å². The van der Waals surface area contributed by atoms with Crippen LogP contribution in [0.1, 0.15) is 36.7 Å². The summed E-state index contributed by atoms with van der Waals surface area (Å²) in [5, 5.41) is 10.7. The molecule has 1 fully saturated rings. The molecular formula is C17H22N2O2. The van der Waals surface area contributed by atoms with Gasteiger partial charge in [0.2, 0.25) is 0 Å². The molecule has 4 nitrogen and oxygen atoms in total. The fraction of sp³-hybridized carbons (Fsp3) is 0.471. The molecule has 0 radical (unpaired) electrons. The van der Waals surface area contributed by atoms with E-state index in [1.165, 1.54) is 0 Å². The predicted octanol–water partition coefficient (Wildman–Crippen LogP) is 2.55. The normalized spacial score (nSPS) is 20.1. The first-order valence-corrected chi connectivity index (χ1v) is 7.61. The molecule has 1 amide bonds. The molecule has 1 aliphatic rings. The lowest BCUT2D eigenvalue weighted by Gasteiger charge is -2.25. The average molecular weight is 286 g/mol. The molecule has 1 aromatic heterocycles. The van der Waals surface area contributed by atoms with E-state index >= 15 is 0 Å². The second kappa shape index (κ2) is 5.53. The van der Waals surface area contributed by atoms with Crippen LogP contribution in [-0.2, 0) is 7.05 Å². The van der Waals surface area contributed by atoms with Gasteiger partial charge in [-0.2, -0.15) is 0 Å². The van der Waals surface area contributed by atoms with Crippen molar-refractivity contribution in [3.63, 3.8) is 0 Å². The van der Waals surface area contributed by atoms with Gasteiger partial charge in [0, 0.05) is 30.5 Å². The quantitative estimate of drug-likeness (QED) is 0.942. The van der Waals surface area contributed by atoms with Gasteiger partial charge in [-0.3, -0.25) is 4.79 Å². The molecule has 0 aliphatic carbocycles. The average Bonchev–Trinajstić information content (AvgIpc) is 3.03. The van der Waals surface area contributed by atoms with Crippen molar-refractivity contribution in [3.05, 3.63) is 36.0 Å². The summed E-state index contributed by atoms with van der Waals surface area (Å²) in [6, 6.07) is 10.2. The van der Waals surface area contributed by atoms with Crippen LogP contribution in [0, 0.1) is 0 Å². The predicted molar refractivity (Wildman–Crippen MR) is 83.3 cm³/mol. The maximum absolute atomic E-state index is 12.9. The van der Waals surface area contributed by atoms with E-state index < -0.39 is 0 Å². The molecule has 1 aliphatic heterocycles. The standard InChI is InChI=1S/C17H22N2O2/c1-12(20)10-14-7-5-9-19(14)17(21)16-11-13-6-3-4-8-15(13)18(16)2/h3-4,6,8,11-12,14,20H,5,7,9-10H2,1-2H3. The number of rotatable bonds is 3. The van der Waals surface area contributed by atoms with Crippen LogP contribution < -0.4 is 0 Å². The number of fused-ring (bicyclic) bond motifs is 1. The monoisotopic (exact) mass is 286 g/mol. The molecule has 0 saturated carbocycles. The number of para-hydroxylation sites is 1. The molecule has 2 heterocycles. The van der Waals surface area contributed by atoms with E-state index in [2.05, 4.69) is 0 Å². The van der Waals surface area contributed by atoms with Crippen molar-refractivity contribution in [2.45, 2.75) is 38.3 Å². The minimum atomic E-state index is -0.365. The van der Waals surface area contributed by atoms with Gasteiger partial charge in [-0.15, -0.1) is 0 Å². The summed E-state index contributed by atoms with van der Waals surface area (Å²) in [6.45, 7) is 2.58. The minimum absolute atomic E-state index is 0.0804. The zero-order chi connectivity index (χ0) is 15.0. The Balaban J connectivity index is 1.91. The number of likely N-dealkylation sites (tertiary alicyclic amines) is 1. The second-order valence-electron chi connectivity index (χ2n) is 6.03. The SMILES string of the molecule is CC(O)CC1CCCN1C(=O)c1cc2ccccc2n1C. The van der Waals surface area contributed by atoms with Crippen LogP contribution in [0.3, 0.4) is 0 Å². The van der Waals surface area contributed by atoms with Crippen LogP contribution >= 0.6 is 0 Å². The van der Waals surface area contributed by atoms with Crippen molar-refractivity contribution >= 4 is 16.8 Å². The van der Waals surface area contributed by atoms with Crippen molar-refractivity contribution < 1.29 is 9.90 Å². The van der Waals surface area contributed by atoms with Gasteiger partial charge in [0.1, 0.15) is 5.69 Å². The van der Waals surface area contributed by atoms with Crippen molar-refractivity contribution in [2.24, 2.45) is 7.05 Å². The number of hydrogen-bond acceptors (Lipinski definition) is 2. The van der Waals surface area contributed by atoms with Gasteiger partial charge in [0.25, 0.3) is 5.91 Å². The number of aromatic nitrogens is 1. The lowest BCUT2D eigenvalue weighted by molar-refractivity contribution is 0.0673. The molecule has 1 saturated heterocycles. The fourth-order valence-corrected chi connectivity index (χ4v) is 3.38. The van der Waals surface area contributed by atoms with E-state index in [0.29, 0.717) is 6.42 Å². The molecule has 1 aromatic carbocycles. The molecule has 2 atom stereocenters. The van der Waals surface area contributed by atoms with Crippen LogP contribution in [0.4, 0.5) is 0 Å². The lowest BCUT2D eigenvalue weighted by Crippen LogP contribution is -2.38. The number of benzene rings is 1. The summed E-state index contributed by atoms with van der Waals surface area (Å²) < 4.78 is 1.97. The number of aliphatic hydroxyl groups excluding tert-OH is 1. The van der Waals surface area contributed by atoms with Crippen LogP contribution in [0.2, 0.25) is 0 Å². The topological polar surface area (TPSA) is 45.5 Å². The Morgan fingerprint density at radius 1 is 1.43 bits per heavy atom. The van der Waals surface area contributed by atoms with Crippen LogP contribution in [0.5, 0.6) is 0 Å². The maximum atomic E-state index is 12.9. The highest BCUT2D eigenvalue weighted by Crippen LogP contribution is 2.26. The van der Waals surface area contributed by atoms with E-state index in [0.717, 1.165) is 36.0 Å². The smallest absolute Gasteiger partial charge is 0.270 e. The third-order valence-corrected chi connectivity index (χ3v) is 4.42. The van der Waals surface area contributed by atoms with Gasteiger partial charge in [0.15, 0.2) is 0 Å². The number of carbonyl (C=O) groups excluding carboxylic acids is 1. The Morgan fingerprint density at radius 2 is 2.19 bits per heavy atom. The van der Waals surface area contributed by atoms with Crippen molar-refractivity contribution in [3.8, 4) is 0 Å². The molecule has 112 valence electrons. The highest BCUT2D eigenvalue weighted by Gasteiger charge is 2.31. The molecule has 1 N–H and O–H groups in total. The maximum Gasteiger partial charge on any atom is 0.270 e. The van der Waals surface area contributed by atoms with Gasteiger partial charge in [-0.25, -0.2) is 0 Å². The summed E-state index contributed by atoms with van der Waals surface area (Å²) in [7, 11) is 1.94. The molecular weight excluding hydrogens is 264 g/mol. The van der Waals surface area contributed by atoms with Gasteiger partial charge in [-0.1, -0.05) is 18.2 Å². The molecule has 2 unspecified atom stereocenters. The van der Waals surface area contributed by atoms with E-state index in [-0.39, 0.29) is 18.1 Å². The number of aryl methyl sites for hydroxylation is 1. The molecule has 2 aromatic rings. The molecule has 21 heavy (non-hydrogen) atoms. The highest BCUT2D eigenvalue weighted by atomic mass is 16.3. The van der Waals surface area contributed by atoms with Crippen LogP contribution in [-0.4, -0.2) is 39.2 Å². The summed E-state index contributed by atoms with van der Waals surface area (Å²) in [5.74, 6) is 0.0804. The summed E-state index contributed by atoms with van der Waals surface area (Å²) >= 11 is 0. The molecule has 4 heteroatoms. The van der Waals surface area contributed by atoms with Crippen molar-refractivity contribution in [2.75, 3.05) is 6.54 Å². The Kier molecular flexibility index (Phi) is 3.72. The molecule has 0 bridgehead atoms. The number of amides is 1. The third kappa shape index (κ3) is 2.56. The van der Waals surface area contributed by atoms with Gasteiger partial charge in [0.05, 0.1) is 6.10 Å². The lowest BCUT2D eigenvalue weighted by atomic mass is 10.1. The first-order chi connectivity index (χ1) is 10.1. The first kappa shape index (κ1) is 14.1. The first-order valence-electron chi connectivity index (χ1n) is 7.61. The number of nitrogens with zero attached hydrogens (tertiary/aromatic N) is 2. The van der Waals surface area contributed by atoms with E-state index in [1.54, 1.807) is 6.92 Å². The fourth-order valence-electron chi connectivity index (χ4n) is 3.38. The van der Waals surface area contributed by atoms with Gasteiger partial charge in [-0.05, 0) is 38.3 Å². The van der Waals surface area contributed by atoms with E-state index in [4.69, 9.17) is 0 Å². The largest absolute Gasteiger partial charge is 0.393 e. The number of carbonyl (C=O) groups is 1. The third-order valence-electron chi connectivity index (χ3n) is 4.42. The molecule has 0 spiro atoms. The number of hydrogen-bond donors (Lipinski definition) is 1. The number of aliphatic hydroxyl groups is 1. The molecule has 3 rings (SSSR count). The Labute approximate surface area is 125 Å². The van der Waals surface area contributed by atoms with Crippen LogP contribution in [0.25, 0.3) is 10.9 Å². The minimum Gasteiger partial charge on any atom is -0.393 e. The van der Waals surface area contributed by atoms with Crippen LogP contribution in [0.15, 0.2) is 30.3 Å².